The number of ether oxygens (including phenoxy) is 2. The second-order valence-electron chi connectivity index (χ2n) is 4.11. The molecule has 21 heavy (non-hydrogen) atoms. The van der Waals surface area contributed by atoms with Crippen LogP contribution in [-0.2, 0) is 16.1 Å². The molecule has 1 aromatic heterocycles. The third-order valence-corrected chi connectivity index (χ3v) is 2.22. The Balaban J connectivity index is 2.49. The van der Waals surface area contributed by atoms with Crippen LogP contribution in [0.1, 0.15) is 12.7 Å². The summed E-state index contributed by atoms with van der Waals surface area (Å²) >= 11 is 0. The number of halogens is 3. The lowest BCUT2D eigenvalue weighted by atomic mass is 10.4. The van der Waals surface area contributed by atoms with Crippen LogP contribution in [0.15, 0.2) is 6.07 Å². The van der Waals surface area contributed by atoms with Gasteiger partial charge in [0.2, 0.25) is 0 Å². The van der Waals surface area contributed by atoms with Crippen LogP contribution in [0.3, 0.4) is 0 Å². The van der Waals surface area contributed by atoms with E-state index in [1.54, 1.807) is 6.07 Å². The molecule has 0 bridgehead atoms. The molecule has 1 aromatic rings. The van der Waals surface area contributed by atoms with E-state index in [2.05, 4.69) is 25.3 Å². The lowest BCUT2D eigenvalue weighted by molar-refractivity contribution is -0.172. The topological polar surface area (TPSA) is 68.3 Å². The Labute approximate surface area is 121 Å². The highest BCUT2D eigenvalue weighted by Crippen LogP contribution is 2.14. The highest BCUT2D eigenvalue weighted by molar-refractivity contribution is 5.47. The fraction of sp³-hybridized carbons (Fsp3) is 0.667. The Morgan fingerprint density at radius 1 is 1.19 bits per heavy atom. The smallest absolute Gasteiger partial charge is 0.377 e. The molecule has 6 nitrogen and oxygen atoms in total. The van der Waals surface area contributed by atoms with E-state index in [9.17, 15) is 13.2 Å². The summed E-state index contributed by atoms with van der Waals surface area (Å²) < 4.78 is 45.1. The van der Waals surface area contributed by atoms with Gasteiger partial charge in [-0.05, 0) is 6.92 Å². The van der Waals surface area contributed by atoms with Gasteiger partial charge in [0.1, 0.15) is 24.8 Å². The molecule has 1 heterocycles. The van der Waals surface area contributed by atoms with E-state index in [4.69, 9.17) is 4.74 Å². The van der Waals surface area contributed by atoms with Gasteiger partial charge >= 0.3 is 6.18 Å². The predicted octanol–water partition coefficient (Wildman–Crippen LogP) is 2.05. The van der Waals surface area contributed by atoms with Crippen LogP contribution < -0.4 is 10.6 Å². The standard InChI is InChI=1S/C12H19F3N4O2/c1-3-16-9-6-10(19-11(18-9)7-20-2)17-4-5-21-8-12(13,14)15/h6H,3-5,7-8H2,1-2H3,(H2,16,17,18,19). The Hall–Kier alpha value is -1.61. The number of aromatic nitrogens is 2. The van der Waals surface area contributed by atoms with Crippen LogP contribution in [0.5, 0.6) is 0 Å². The maximum atomic E-state index is 11.9. The van der Waals surface area contributed by atoms with Crippen LogP contribution in [0.2, 0.25) is 0 Å². The van der Waals surface area contributed by atoms with Gasteiger partial charge in [-0.2, -0.15) is 13.2 Å². The molecular formula is C12H19F3N4O2. The average Bonchev–Trinajstić information content (AvgIpc) is 2.37. The van der Waals surface area contributed by atoms with Gasteiger partial charge in [0.15, 0.2) is 5.82 Å². The van der Waals surface area contributed by atoms with Crippen molar-refractivity contribution in [3.05, 3.63) is 11.9 Å². The third-order valence-electron chi connectivity index (χ3n) is 2.22. The maximum Gasteiger partial charge on any atom is 0.411 e. The molecular weight excluding hydrogens is 289 g/mol. The van der Waals surface area contributed by atoms with Crippen molar-refractivity contribution in [3.8, 4) is 0 Å². The van der Waals surface area contributed by atoms with E-state index in [0.29, 0.717) is 24.0 Å². The molecule has 0 unspecified atom stereocenters. The molecule has 0 saturated heterocycles. The first-order chi connectivity index (χ1) is 9.94. The van der Waals surface area contributed by atoms with Crippen LogP contribution in [0.4, 0.5) is 24.8 Å². The first kappa shape index (κ1) is 17.4. The molecule has 0 aliphatic carbocycles. The second kappa shape index (κ2) is 8.63. The first-order valence-electron chi connectivity index (χ1n) is 6.43. The predicted molar refractivity (Wildman–Crippen MR) is 72.3 cm³/mol. The lowest BCUT2D eigenvalue weighted by Crippen LogP contribution is -2.20. The van der Waals surface area contributed by atoms with Crippen molar-refractivity contribution in [2.75, 3.05) is 44.0 Å². The fourth-order valence-electron chi connectivity index (χ4n) is 1.49. The zero-order chi connectivity index (χ0) is 15.7. The monoisotopic (exact) mass is 308 g/mol. The van der Waals surface area contributed by atoms with Crippen molar-refractivity contribution < 1.29 is 22.6 Å². The van der Waals surface area contributed by atoms with Crippen molar-refractivity contribution >= 4 is 11.6 Å². The molecule has 0 fully saturated rings. The minimum absolute atomic E-state index is 0.0698. The van der Waals surface area contributed by atoms with E-state index < -0.39 is 12.8 Å². The van der Waals surface area contributed by atoms with Crippen molar-refractivity contribution in [1.29, 1.82) is 0 Å². The normalized spacial score (nSPS) is 11.5. The first-order valence-corrected chi connectivity index (χ1v) is 6.43. The molecule has 2 N–H and O–H groups in total. The highest BCUT2D eigenvalue weighted by Gasteiger charge is 2.27. The number of alkyl halides is 3. The number of hydrogen-bond donors (Lipinski definition) is 2. The van der Waals surface area contributed by atoms with Gasteiger partial charge in [-0.15, -0.1) is 0 Å². The summed E-state index contributed by atoms with van der Waals surface area (Å²) in [6.07, 6.45) is -4.31. The number of nitrogens with one attached hydrogen (secondary N) is 2. The van der Waals surface area contributed by atoms with E-state index in [1.807, 2.05) is 6.92 Å². The molecule has 0 radical (unpaired) electrons. The van der Waals surface area contributed by atoms with Gasteiger partial charge in [-0.3, -0.25) is 0 Å². The Kier molecular flexibility index (Phi) is 7.17. The average molecular weight is 308 g/mol. The van der Waals surface area contributed by atoms with Gasteiger partial charge in [-0.25, -0.2) is 9.97 Å². The van der Waals surface area contributed by atoms with Gasteiger partial charge in [0, 0.05) is 26.3 Å². The highest BCUT2D eigenvalue weighted by atomic mass is 19.4. The van der Waals surface area contributed by atoms with Crippen LogP contribution in [-0.4, -0.2) is 49.6 Å². The summed E-state index contributed by atoms with van der Waals surface area (Å²) in [6, 6.07) is 1.67. The van der Waals surface area contributed by atoms with Crippen LogP contribution in [0.25, 0.3) is 0 Å². The van der Waals surface area contributed by atoms with Gasteiger partial charge in [0.05, 0.1) is 6.61 Å². The summed E-state index contributed by atoms with van der Waals surface area (Å²) in [5, 5.41) is 5.93. The molecule has 0 spiro atoms. The zero-order valence-corrected chi connectivity index (χ0v) is 12.0. The van der Waals surface area contributed by atoms with Crippen molar-refractivity contribution in [2.45, 2.75) is 19.7 Å². The third kappa shape index (κ3) is 7.66. The Morgan fingerprint density at radius 2 is 1.86 bits per heavy atom. The molecule has 0 aliphatic rings. The summed E-state index contributed by atoms with van der Waals surface area (Å²) in [7, 11) is 1.53. The molecule has 9 heteroatoms. The van der Waals surface area contributed by atoms with Gasteiger partial charge in [0.25, 0.3) is 0 Å². The summed E-state index contributed by atoms with van der Waals surface area (Å²) in [5.74, 6) is 1.61. The van der Waals surface area contributed by atoms with Crippen molar-refractivity contribution in [2.24, 2.45) is 0 Å². The van der Waals surface area contributed by atoms with Crippen LogP contribution >= 0.6 is 0 Å². The number of methoxy groups -OCH3 is 1. The molecule has 1 rings (SSSR count). The number of nitrogens with zero attached hydrogens (tertiary/aromatic N) is 2. The molecule has 0 aromatic carbocycles. The van der Waals surface area contributed by atoms with E-state index in [1.165, 1.54) is 7.11 Å². The quantitative estimate of drug-likeness (QED) is 0.681. The van der Waals surface area contributed by atoms with Crippen molar-refractivity contribution in [3.63, 3.8) is 0 Å². The lowest BCUT2D eigenvalue weighted by Gasteiger charge is -2.11. The summed E-state index contributed by atoms with van der Waals surface area (Å²) in [5.41, 5.74) is 0. The molecule has 0 atom stereocenters. The molecule has 0 saturated carbocycles. The minimum Gasteiger partial charge on any atom is -0.377 e. The summed E-state index contributed by atoms with van der Waals surface area (Å²) in [4.78, 5) is 8.41. The van der Waals surface area contributed by atoms with Gasteiger partial charge in [-0.1, -0.05) is 0 Å². The fourth-order valence-corrected chi connectivity index (χ4v) is 1.49. The van der Waals surface area contributed by atoms with E-state index >= 15 is 0 Å². The zero-order valence-electron chi connectivity index (χ0n) is 12.0. The largest absolute Gasteiger partial charge is 0.411 e. The molecule has 120 valence electrons. The number of anilines is 2. The van der Waals surface area contributed by atoms with Crippen LogP contribution in [0, 0.1) is 0 Å². The number of hydrogen-bond acceptors (Lipinski definition) is 6. The van der Waals surface area contributed by atoms with Crippen molar-refractivity contribution in [1.82, 2.24) is 9.97 Å². The van der Waals surface area contributed by atoms with E-state index in [-0.39, 0.29) is 19.8 Å². The summed E-state index contributed by atoms with van der Waals surface area (Å²) in [6.45, 7) is 1.76. The van der Waals surface area contributed by atoms with Gasteiger partial charge < -0.3 is 20.1 Å². The molecule has 0 amide bonds. The minimum atomic E-state index is -4.31. The second-order valence-corrected chi connectivity index (χ2v) is 4.11. The maximum absolute atomic E-state index is 11.9. The van der Waals surface area contributed by atoms with E-state index in [0.717, 1.165) is 0 Å². The Morgan fingerprint density at radius 3 is 2.43 bits per heavy atom. The molecule has 0 aliphatic heterocycles. The SMILES string of the molecule is CCNc1cc(NCCOCC(F)(F)F)nc(COC)n1. The number of rotatable bonds is 9. The Bertz CT molecular complexity index is 405.